The zero-order chi connectivity index (χ0) is 23.1. The van der Waals surface area contributed by atoms with E-state index in [9.17, 15) is 22.8 Å². The zero-order valence-electron chi connectivity index (χ0n) is 17.5. The van der Waals surface area contributed by atoms with Gasteiger partial charge in [0.05, 0.1) is 12.7 Å². The van der Waals surface area contributed by atoms with Crippen LogP contribution in [0.1, 0.15) is 11.1 Å². The van der Waals surface area contributed by atoms with Gasteiger partial charge in [-0.3, -0.25) is 4.79 Å². The fraction of sp³-hybridized carbons (Fsp3) is 0.304. The number of benzene rings is 2. The van der Waals surface area contributed by atoms with E-state index in [1.807, 2.05) is 24.3 Å². The quantitative estimate of drug-likeness (QED) is 0.499. The number of halogens is 3. The second kappa shape index (κ2) is 10.2. The van der Waals surface area contributed by atoms with Crippen LogP contribution in [-0.4, -0.2) is 56.7 Å². The molecule has 2 aromatic carbocycles. The van der Waals surface area contributed by atoms with Crippen molar-refractivity contribution in [3.05, 3.63) is 65.7 Å². The van der Waals surface area contributed by atoms with Gasteiger partial charge in [-0.1, -0.05) is 12.1 Å². The van der Waals surface area contributed by atoms with Crippen molar-refractivity contribution in [2.24, 2.45) is 0 Å². The molecule has 0 unspecified atom stereocenters. The number of hydrogen-bond acceptors (Lipinski definition) is 5. The number of methoxy groups -OCH3 is 1. The summed E-state index contributed by atoms with van der Waals surface area (Å²) in [5, 5.41) is 0. The molecule has 1 aliphatic rings. The summed E-state index contributed by atoms with van der Waals surface area (Å²) in [5.41, 5.74) is 0.684. The summed E-state index contributed by atoms with van der Waals surface area (Å²) in [6, 6.07) is 12.0. The van der Waals surface area contributed by atoms with E-state index in [1.54, 1.807) is 12.0 Å². The molecule has 0 atom stereocenters. The standard InChI is InChI=1S/C23H23F3N2O4/c1-31-20-9-7-19(8-10-20)27-12-14-28(15-13-27)21(29)16-32-22(30)11-4-17-2-5-18(6-3-17)23(24,25)26/h2-11H,12-16H2,1H3/b11-4-. The summed E-state index contributed by atoms with van der Waals surface area (Å²) >= 11 is 0. The number of carbonyl (C=O) groups is 2. The second-order valence-electron chi connectivity index (χ2n) is 7.13. The molecule has 0 aromatic heterocycles. The Bertz CT molecular complexity index is 949. The van der Waals surface area contributed by atoms with E-state index in [2.05, 4.69) is 4.90 Å². The van der Waals surface area contributed by atoms with Crippen LogP contribution < -0.4 is 9.64 Å². The number of hydrogen-bond donors (Lipinski definition) is 0. The Morgan fingerprint density at radius 2 is 1.59 bits per heavy atom. The fourth-order valence-electron chi connectivity index (χ4n) is 3.23. The molecular formula is C23H23F3N2O4. The first-order valence-corrected chi connectivity index (χ1v) is 9.95. The van der Waals surface area contributed by atoms with Crippen molar-refractivity contribution < 1.29 is 32.2 Å². The smallest absolute Gasteiger partial charge is 0.416 e. The Morgan fingerprint density at radius 1 is 0.969 bits per heavy atom. The highest BCUT2D eigenvalue weighted by Gasteiger charge is 2.29. The molecule has 1 amide bonds. The average molecular weight is 448 g/mol. The van der Waals surface area contributed by atoms with E-state index >= 15 is 0 Å². The number of alkyl halides is 3. The molecule has 1 aliphatic heterocycles. The number of esters is 1. The maximum absolute atomic E-state index is 12.6. The molecular weight excluding hydrogens is 425 g/mol. The first-order valence-electron chi connectivity index (χ1n) is 9.95. The molecule has 1 heterocycles. The lowest BCUT2D eigenvalue weighted by atomic mass is 10.1. The minimum absolute atomic E-state index is 0.296. The first kappa shape index (κ1) is 23.2. The summed E-state index contributed by atoms with van der Waals surface area (Å²) in [4.78, 5) is 27.9. The molecule has 0 saturated carbocycles. The lowest BCUT2D eigenvalue weighted by Gasteiger charge is -2.36. The van der Waals surface area contributed by atoms with Crippen molar-refractivity contribution in [3.63, 3.8) is 0 Å². The van der Waals surface area contributed by atoms with Gasteiger partial charge in [0, 0.05) is 37.9 Å². The van der Waals surface area contributed by atoms with Crippen molar-refractivity contribution in [1.29, 1.82) is 0 Å². The number of anilines is 1. The van der Waals surface area contributed by atoms with Crippen molar-refractivity contribution in [2.45, 2.75) is 6.18 Å². The largest absolute Gasteiger partial charge is 0.497 e. The van der Waals surface area contributed by atoms with E-state index in [1.165, 1.54) is 18.2 Å². The summed E-state index contributed by atoms with van der Waals surface area (Å²) < 4.78 is 47.8. The molecule has 6 nitrogen and oxygen atoms in total. The predicted molar refractivity (Wildman–Crippen MR) is 113 cm³/mol. The van der Waals surface area contributed by atoms with Gasteiger partial charge < -0.3 is 19.3 Å². The topological polar surface area (TPSA) is 59.1 Å². The Hall–Kier alpha value is -3.49. The van der Waals surface area contributed by atoms with Gasteiger partial charge in [0.15, 0.2) is 6.61 Å². The van der Waals surface area contributed by atoms with Gasteiger partial charge in [-0.05, 0) is 48.0 Å². The molecule has 0 spiro atoms. The van der Waals surface area contributed by atoms with Gasteiger partial charge in [0.2, 0.25) is 0 Å². The average Bonchev–Trinajstić information content (AvgIpc) is 2.81. The van der Waals surface area contributed by atoms with Crippen LogP contribution in [0.4, 0.5) is 18.9 Å². The van der Waals surface area contributed by atoms with Crippen LogP contribution >= 0.6 is 0 Å². The number of piperazine rings is 1. The normalized spacial score (nSPS) is 14.5. The van der Waals surface area contributed by atoms with Gasteiger partial charge in [0.1, 0.15) is 5.75 Å². The summed E-state index contributed by atoms with van der Waals surface area (Å²) in [7, 11) is 1.61. The highest BCUT2D eigenvalue weighted by molar-refractivity contribution is 5.89. The summed E-state index contributed by atoms with van der Waals surface area (Å²) in [6.45, 7) is 1.92. The minimum atomic E-state index is -4.42. The second-order valence-corrected chi connectivity index (χ2v) is 7.13. The molecule has 0 radical (unpaired) electrons. The van der Waals surface area contributed by atoms with Crippen molar-refractivity contribution >= 4 is 23.6 Å². The third-order valence-corrected chi connectivity index (χ3v) is 5.06. The molecule has 1 fully saturated rings. The van der Waals surface area contributed by atoms with E-state index in [0.717, 1.165) is 29.6 Å². The van der Waals surface area contributed by atoms with Gasteiger partial charge in [0.25, 0.3) is 5.91 Å². The minimum Gasteiger partial charge on any atom is -0.497 e. The molecule has 0 N–H and O–H groups in total. The Kier molecular flexibility index (Phi) is 7.40. The van der Waals surface area contributed by atoms with Crippen molar-refractivity contribution in [2.75, 3.05) is 44.8 Å². The number of carbonyl (C=O) groups excluding carboxylic acids is 2. The van der Waals surface area contributed by atoms with E-state index < -0.39 is 24.3 Å². The van der Waals surface area contributed by atoms with Crippen LogP contribution in [0, 0.1) is 0 Å². The van der Waals surface area contributed by atoms with Crippen molar-refractivity contribution in [1.82, 2.24) is 4.90 Å². The van der Waals surface area contributed by atoms with Crippen LogP contribution in [0.3, 0.4) is 0 Å². The molecule has 0 bridgehead atoms. The lowest BCUT2D eigenvalue weighted by Crippen LogP contribution is -2.49. The molecule has 170 valence electrons. The summed E-state index contributed by atoms with van der Waals surface area (Å²) in [6.07, 6.45) is -2.00. The number of amides is 1. The molecule has 9 heteroatoms. The number of ether oxygens (including phenoxy) is 2. The summed E-state index contributed by atoms with van der Waals surface area (Å²) in [5.74, 6) is -0.262. The van der Waals surface area contributed by atoms with Gasteiger partial charge in [-0.25, -0.2) is 4.79 Å². The molecule has 0 aliphatic carbocycles. The molecule has 3 rings (SSSR count). The van der Waals surface area contributed by atoms with E-state index in [0.29, 0.717) is 31.7 Å². The number of rotatable bonds is 6. The third kappa shape index (κ3) is 6.26. The van der Waals surface area contributed by atoms with E-state index in [-0.39, 0.29) is 5.91 Å². The third-order valence-electron chi connectivity index (χ3n) is 5.06. The van der Waals surface area contributed by atoms with Gasteiger partial charge in [-0.2, -0.15) is 13.2 Å². The predicted octanol–water partition coefficient (Wildman–Crippen LogP) is 3.62. The maximum Gasteiger partial charge on any atom is 0.416 e. The SMILES string of the molecule is COc1ccc(N2CCN(C(=O)COC(=O)/C=C\c3ccc(C(F)(F)F)cc3)CC2)cc1. The Morgan fingerprint density at radius 3 is 2.16 bits per heavy atom. The molecule has 32 heavy (non-hydrogen) atoms. The zero-order valence-corrected chi connectivity index (χ0v) is 17.5. The highest BCUT2D eigenvalue weighted by Crippen LogP contribution is 2.29. The van der Waals surface area contributed by atoms with Crippen molar-refractivity contribution in [3.8, 4) is 5.75 Å². The fourth-order valence-corrected chi connectivity index (χ4v) is 3.23. The monoisotopic (exact) mass is 448 g/mol. The Labute approximate surface area is 183 Å². The van der Waals surface area contributed by atoms with Gasteiger partial charge >= 0.3 is 12.1 Å². The lowest BCUT2D eigenvalue weighted by molar-refractivity contribution is -0.148. The van der Waals surface area contributed by atoms with Crippen LogP contribution in [0.5, 0.6) is 5.75 Å². The van der Waals surface area contributed by atoms with Crippen LogP contribution in [0.2, 0.25) is 0 Å². The van der Waals surface area contributed by atoms with Crippen LogP contribution in [0.15, 0.2) is 54.6 Å². The Balaban J connectivity index is 1.42. The van der Waals surface area contributed by atoms with Crippen LogP contribution in [0.25, 0.3) is 6.08 Å². The van der Waals surface area contributed by atoms with E-state index in [4.69, 9.17) is 9.47 Å². The number of nitrogens with zero attached hydrogens (tertiary/aromatic N) is 2. The van der Waals surface area contributed by atoms with Crippen LogP contribution in [-0.2, 0) is 20.5 Å². The molecule has 1 saturated heterocycles. The first-order chi connectivity index (χ1) is 15.3. The van der Waals surface area contributed by atoms with Gasteiger partial charge in [-0.15, -0.1) is 0 Å². The molecule has 2 aromatic rings. The maximum atomic E-state index is 12.6. The highest BCUT2D eigenvalue weighted by atomic mass is 19.4.